The van der Waals surface area contributed by atoms with Crippen LogP contribution in [0.3, 0.4) is 0 Å². The molecule has 0 unspecified atom stereocenters. The summed E-state index contributed by atoms with van der Waals surface area (Å²) in [7, 11) is 1.82. The lowest BCUT2D eigenvalue weighted by Crippen LogP contribution is -2.35. The van der Waals surface area contributed by atoms with Gasteiger partial charge in [0.1, 0.15) is 0 Å². The minimum atomic E-state index is -0.729. The van der Waals surface area contributed by atoms with Gasteiger partial charge < -0.3 is 10.0 Å². The van der Waals surface area contributed by atoms with Gasteiger partial charge in [-0.3, -0.25) is 9.59 Å². The van der Waals surface area contributed by atoms with E-state index < -0.39 is 5.97 Å². The molecule has 0 aliphatic heterocycles. The molecule has 0 saturated heterocycles. The van der Waals surface area contributed by atoms with Gasteiger partial charge in [-0.05, 0) is 58.6 Å². The Morgan fingerprint density at radius 2 is 1.95 bits per heavy atom. The minimum absolute atomic E-state index is 0.0160. The SMILES string of the molecule is CN(Cc1csc(Br)c1)C(=O)C1CCC(C(=O)O)CC1. The molecule has 0 aromatic carbocycles. The fraction of sp³-hybridized carbons (Fsp3) is 0.571. The van der Waals surface area contributed by atoms with Crippen LogP contribution in [0.2, 0.25) is 0 Å². The quantitative estimate of drug-likeness (QED) is 0.896. The zero-order chi connectivity index (χ0) is 14.7. The Hall–Kier alpha value is -0.880. The highest BCUT2D eigenvalue weighted by atomic mass is 79.9. The normalized spacial score (nSPS) is 22.5. The second kappa shape index (κ2) is 6.72. The first-order valence-electron chi connectivity index (χ1n) is 6.68. The van der Waals surface area contributed by atoms with Gasteiger partial charge >= 0.3 is 5.97 Å². The number of nitrogens with zero attached hydrogens (tertiary/aromatic N) is 1. The molecule has 1 amide bonds. The van der Waals surface area contributed by atoms with Crippen molar-refractivity contribution >= 4 is 39.1 Å². The molecule has 0 bridgehead atoms. The molecule has 2 rings (SSSR count). The Morgan fingerprint density at radius 1 is 1.35 bits per heavy atom. The molecule has 0 atom stereocenters. The van der Waals surface area contributed by atoms with Crippen LogP contribution in [0.4, 0.5) is 0 Å². The smallest absolute Gasteiger partial charge is 0.306 e. The molecule has 1 saturated carbocycles. The number of carbonyl (C=O) groups is 2. The van der Waals surface area contributed by atoms with Crippen molar-refractivity contribution in [2.45, 2.75) is 32.2 Å². The van der Waals surface area contributed by atoms with Gasteiger partial charge in [0, 0.05) is 19.5 Å². The van der Waals surface area contributed by atoms with Crippen molar-refractivity contribution in [2.24, 2.45) is 11.8 Å². The first-order valence-corrected chi connectivity index (χ1v) is 8.35. The van der Waals surface area contributed by atoms with Crippen LogP contribution in [0, 0.1) is 11.8 Å². The number of thiophene rings is 1. The van der Waals surface area contributed by atoms with Crippen LogP contribution in [0.1, 0.15) is 31.2 Å². The molecule has 110 valence electrons. The molecule has 0 radical (unpaired) electrons. The van der Waals surface area contributed by atoms with Crippen LogP contribution < -0.4 is 0 Å². The number of carbonyl (C=O) groups excluding carboxylic acids is 1. The Morgan fingerprint density at radius 3 is 2.45 bits per heavy atom. The molecule has 1 aromatic heterocycles. The maximum absolute atomic E-state index is 12.4. The van der Waals surface area contributed by atoms with Gasteiger partial charge in [-0.25, -0.2) is 0 Å². The van der Waals surface area contributed by atoms with Gasteiger partial charge in [0.15, 0.2) is 0 Å². The number of hydrogen-bond acceptors (Lipinski definition) is 3. The molecule has 1 fully saturated rings. The van der Waals surface area contributed by atoms with Crippen LogP contribution in [-0.4, -0.2) is 28.9 Å². The van der Waals surface area contributed by atoms with Gasteiger partial charge in [0.2, 0.25) is 5.91 Å². The fourth-order valence-electron chi connectivity index (χ4n) is 2.68. The Balaban J connectivity index is 1.86. The van der Waals surface area contributed by atoms with Gasteiger partial charge in [-0.15, -0.1) is 11.3 Å². The Labute approximate surface area is 130 Å². The number of halogens is 1. The summed E-state index contributed by atoms with van der Waals surface area (Å²) >= 11 is 5.03. The summed E-state index contributed by atoms with van der Waals surface area (Å²) in [5.74, 6) is -0.876. The molecule has 1 heterocycles. The van der Waals surface area contributed by atoms with E-state index in [1.54, 1.807) is 16.2 Å². The van der Waals surface area contributed by atoms with Crippen molar-refractivity contribution < 1.29 is 14.7 Å². The van der Waals surface area contributed by atoms with Crippen LogP contribution in [0.25, 0.3) is 0 Å². The first kappa shape index (κ1) is 15.5. The molecule has 6 heteroatoms. The number of carboxylic acids is 1. The van der Waals surface area contributed by atoms with Gasteiger partial charge in [-0.1, -0.05) is 0 Å². The largest absolute Gasteiger partial charge is 0.481 e. The van der Waals surface area contributed by atoms with Gasteiger partial charge in [-0.2, -0.15) is 0 Å². The van der Waals surface area contributed by atoms with Crippen LogP contribution in [0.5, 0.6) is 0 Å². The zero-order valence-corrected chi connectivity index (χ0v) is 13.7. The second-order valence-corrected chi connectivity index (χ2v) is 7.63. The fourth-order valence-corrected chi connectivity index (χ4v) is 3.88. The lowest BCUT2D eigenvalue weighted by Gasteiger charge is -2.28. The van der Waals surface area contributed by atoms with E-state index in [2.05, 4.69) is 15.9 Å². The summed E-state index contributed by atoms with van der Waals surface area (Å²) in [6, 6.07) is 2.02. The number of hydrogen-bond donors (Lipinski definition) is 1. The third kappa shape index (κ3) is 3.82. The molecule has 1 aliphatic rings. The summed E-state index contributed by atoms with van der Waals surface area (Å²) < 4.78 is 1.07. The van der Waals surface area contributed by atoms with Crippen molar-refractivity contribution in [1.29, 1.82) is 0 Å². The maximum Gasteiger partial charge on any atom is 0.306 e. The third-order valence-electron chi connectivity index (χ3n) is 3.84. The highest BCUT2D eigenvalue weighted by Crippen LogP contribution is 2.30. The topological polar surface area (TPSA) is 57.6 Å². The average Bonchev–Trinajstić information content (AvgIpc) is 2.83. The van der Waals surface area contributed by atoms with Crippen LogP contribution in [-0.2, 0) is 16.1 Å². The summed E-state index contributed by atoms with van der Waals surface area (Å²) in [4.78, 5) is 25.0. The summed E-state index contributed by atoms with van der Waals surface area (Å²) in [6.07, 6.45) is 2.61. The van der Waals surface area contributed by atoms with E-state index in [1.165, 1.54) is 0 Å². The van der Waals surface area contributed by atoms with Crippen molar-refractivity contribution in [3.05, 3.63) is 20.8 Å². The van der Waals surface area contributed by atoms with E-state index in [9.17, 15) is 9.59 Å². The van der Waals surface area contributed by atoms with E-state index in [-0.39, 0.29) is 17.7 Å². The summed E-state index contributed by atoms with van der Waals surface area (Å²) in [5, 5.41) is 11.0. The Bertz CT molecular complexity index is 494. The second-order valence-electron chi connectivity index (χ2n) is 5.34. The molecular weight excluding hydrogens is 342 g/mol. The maximum atomic E-state index is 12.4. The van der Waals surface area contributed by atoms with E-state index >= 15 is 0 Å². The molecule has 1 N–H and O–H groups in total. The molecular formula is C14H18BrNO3S. The van der Waals surface area contributed by atoms with E-state index in [0.717, 1.165) is 9.35 Å². The first-order chi connectivity index (χ1) is 9.47. The summed E-state index contributed by atoms with van der Waals surface area (Å²) in [6.45, 7) is 0.611. The monoisotopic (exact) mass is 359 g/mol. The van der Waals surface area contributed by atoms with Crippen LogP contribution in [0.15, 0.2) is 15.2 Å². The predicted molar refractivity (Wildman–Crippen MR) is 81.6 cm³/mol. The molecule has 4 nitrogen and oxygen atoms in total. The Kier molecular flexibility index (Phi) is 5.21. The van der Waals surface area contributed by atoms with E-state index in [0.29, 0.717) is 32.2 Å². The number of rotatable bonds is 4. The van der Waals surface area contributed by atoms with Crippen LogP contribution >= 0.6 is 27.3 Å². The predicted octanol–water partition coefficient (Wildman–Crippen LogP) is 3.36. The number of aliphatic carboxylic acids is 1. The highest BCUT2D eigenvalue weighted by molar-refractivity contribution is 9.11. The van der Waals surface area contributed by atoms with Gasteiger partial charge in [0.25, 0.3) is 0 Å². The summed E-state index contributed by atoms with van der Waals surface area (Å²) in [5.41, 5.74) is 1.12. The van der Waals surface area contributed by atoms with Gasteiger partial charge in [0.05, 0.1) is 9.70 Å². The minimum Gasteiger partial charge on any atom is -0.481 e. The van der Waals surface area contributed by atoms with E-state index in [4.69, 9.17) is 5.11 Å². The molecule has 1 aliphatic carbocycles. The van der Waals surface area contributed by atoms with Crippen molar-refractivity contribution in [3.63, 3.8) is 0 Å². The van der Waals surface area contributed by atoms with Crippen molar-refractivity contribution in [3.8, 4) is 0 Å². The highest BCUT2D eigenvalue weighted by Gasteiger charge is 2.31. The standard InChI is InChI=1S/C14H18BrNO3S/c1-16(7-9-6-12(15)20-8-9)13(17)10-2-4-11(5-3-10)14(18)19/h6,8,10-11H,2-5,7H2,1H3,(H,18,19). The lowest BCUT2D eigenvalue weighted by atomic mass is 9.81. The average molecular weight is 360 g/mol. The molecule has 1 aromatic rings. The zero-order valence-electron chi connectivity index (χ0n) is 11.3. The van der Waals surface area contributed by atoms with E-state index in [1.807, 2.05) is 18.5 Å². The number of carboxylic acid groups (broad SMARTS) is 1. The van der Waals surface area contributed by atoms with Crippen molar-refractivity contribution in [1.82, 2.24) is 4.90 Å². The van der Waals surface area contributed by atoms with Crippen molar-refractivity contribution in [2.75, 3.05) is 7.05 Å². The molecule has 20 heavy (non-hydrogen) atoms. The molecule has 0 spiro atoms. The third-order valence-corrected chi connectivity index (χ3v) is 5.40. The lowest BCUT2D eigenvalue weighted by molar-refractivity contribution is -0.145. The number of amides is 1.